The molecule has 0 amide bonds. The maximum atomic E-state index is 10.7. The number of rotatable bonds is 3. The lowest BCUT2D eigenvalue weighted by molar-refractivity contribution is -0.134. The molecule has 0 aromatic carbocycles. The van der Waals surface area contributed by atoms with Crippen LogP contribution in [0, 0.1) is 5.41 Å². The molecular weight excluding hydrogens is 152 g/mol. The van der Waals surface area contributed by atoms with Crippen LogP contribution in [0.5, 0.6) is 0 Å². The smallest absolute Gasteiger partial charge is 0.330 e. The van der Waals surface area contributed by atoms with Gasteiger partial charge >= 0.3 is 5.97 Å². The van der Waals surface area contributed by atoms with Crippen molar-refractivity contribution in [3.8, 4) is 0 Å². The SMILES string of the molecule is C=C=CC(C)(C)/C=C\C(=O)OC. The monoisotopic (exact) mass is 166 g/mol. The molecule has 0 aromatic rings. The van der Waals surface area contributed by atoms with Crippen LogP contribution in [0.2, 0.25) is 0 Å². The van der Waals surface area contributed by atoms with E-state index in [9.17, 15) is 4.79 Å². The van der Waals surface area contributed by atoms with Crippen molar-refractivity contribution >= 4 is 5.97 Å². The molecule has 0 aliphatic carbocycles. The van der Waals surface area contributed by atoms with Gasteiger partial charge in [-0.2, -0.15) is 0 Å². The Morgan fingerprint density at radius 1 is 1.58 bits per heavy atom. The van der Waals surface area contributed by atoms with Gasteiger partial charge in [0.1, 0.15) is 0 Å². The Morgan fingerprint density at radius 2 is 2.17 bits per heavy atom. The second-order valence-corrected chi connectivity index (χ2v) is 3.03. The Bertz CT molecular complexity index is 230. The summed E-state index contributed by atoms with van der Waals surface area (Å²) in [5.74, 6) is -0.347. The molecule has 0 N–H and O–H groups in total. The summed E-state index contributed by atoms with van der Waals surface area (Å²) in [6.07, 6.45) is 4.93. The highest BCUT2D eigenvalue weighted by Crippen LogP contribution is 2.17. The third-order valence-corrected chi connectivity index (χ3v) is 1.32. The Labute approximate surface area is 73.2 Å². The number of ether oxygens (including phenoxy) is 1. The van der Waals surface area contributed by atoms with Gasteiger partial charge in [-0.05, 0) is 6.08 Å². The normalized spacial score (nSPS) is 10.9. The van der Waals surface area contributed by atoms with E-state index in [1.54, 1.807) is 12.2 Å². The van der Waals surface area contributed by atoms with Gasteiger partial charge in [-0.1, -0.05) is 26.5 Å². The van der Waals surface area contributed by atoms with Gasteiger partial charge in [0, 0.05) is 11.5 Å². The molecule has 0 radical (unpaired) electrons. The number of methoxy groups -OCH3 is 1. The first-order valence-corrected chi connectivity index (χ1v) is 3.66. The summed E-state index contributed by atoms with van der Waals surface area (Å²) in [5, 5.41) is 0. The highest BCUT2D eigenvalue weighted by molar-refractivity contribution is 5.81. The predicted octanol–water partition coefficient (Wildman–Crippen LogP) is 2.08. The quantitative estimate of drug-likeness (QED) is 0.364. The second kappa shape index (κ2) is 4.58. The second-order valence-electron chi connectivity index (χ2n) is 3.03. The molecule has 0 aliphatic rings. The van der Waals surface area contributed by atoms with Gasteiger partial charge in [0.05, 0.1) is 7.11 Å². The Morgan fingerprint density at radius 3 is 2.58 bits per heavy atom. The third-order valence-electron chi connectivity index (χ3n) is 1.32. The summed E-state index contributed by atoms with van der Waals surface area (Å²) < 4.78 is 4.45. The van der Waals surface area contributed by atoms with Crippen LogP contribution in [0.1, 0.15) is 13.8 Å². The van der Waals surface area contributed by atoms with Crippen LogP contribution in [0.25, 0.3) is 0 Å². The average molecular weight is 166 g/mol. The summed E-state index contributed by atoms with van der Waals surface area (Å²) in [7, 11) is 1.35. The fourth-order valence-corrected chi connectivity index (χ4v) is 0.662. The standard InChI is InChI=1S/C10H14O2/c1-5-7-10(2,3)8-6-9(11)12-4/h6-8H,1H2,2-4H3/b8-6-. The predicted molar refractivity (Wildman–Crippen MR) is 48.6 cm³/mol. The molecule has 0 rings (SSSR count). The van der Waals surface area contributed by atoms with Crippen LogP contribution in [-0.2, 0) is 9.53 Å². The molecule has 0 saturated carbocycles. The maximum Gasteiger partial charge on any atom is 0.330 e. The molecular formula is C10H14O2. The zero-order valence-electron chi connectivity index (χ0n) is 7.76. The minimum atomic E-state index is -0.347. The molecule has 0 heterocycles. The first-order chi connectivity index (χ1) is 5.52. The summed E-state index contributed by atoms with van der Waals surface area (Å²) in [5.41, 5.74) is 2.47. The number of carbonyl (C=O) groups is 1. The van der Waals surface area contributed by atoms with Crippen molar-refractivity contribution in [3.63, 3.8) is 0 Å². The van der Waals surface area contributed by atoms with Crippen molar-refractivity contribution in [3.05, 3.63) is 30.5 Å². The largest absolute Gasteiger partial charge is 0.466 e. The highest BCUT2D eigenvalue weighted by Gasteiger charge is 2.08. The van der Waals surface area contributed by atoms with E-state index >= 15 is 0 Å². The highest BCUT2D eigenvalue weighted by atomic mass is 16.5. The molecule has 2 nitrogen and oxygen atoms in total. The van der Waals surface area contributed by atoms with Gasteiger partial charge in [0.15, 0.2) is 0 Å². The molecule has 2 heteroatoms. The van der Waals surface area contributed by atoms with Crippen molar-refractivity contribution < 1.29 is 9.53 Å². The van der Waals surface area contributed by atoms with Gasteiger partial charge in [-0.15, -0.1) is 5.73 Å². The van der Waals surface area contributed by atoms with E-state index in [0.717, 1.165) is 0 Å². The van der Waals surface area contributed by atoms with Crippen LogP contribution >= 0.6 is 0 Å². The molecule has 0 aliphatic heterocycles. The average Bonchev–Trinajstić information content (AvgIpc) is 2.00. The van der Waals surface area contributed by atoms with E-state index in [1.165, 1.54) is 13.2 Å². The third kappa shape index (κ3) is 4.53. The molecule has 0 unspecified atom stereocenters. The zero-order chi connectivity index (χ0) is 9.61. The molecule has 66 valence electrons. The Hall–Kier alpha value is -1.27. The van der Waals surface area contributed by atoms with E-state index in [2.05, 4.69) is 17.0 Å². The van der Waals surface area contributed by atoms with Crippen molar-refractivity contribution in [2.24, 2.45) is 5.41 Å². The van der Waals surface area contributed by atoms with Crippen LogP contribution in [0.4, 0.5) is 0 Å². The molecule has 0 fully saturated rings. The summed E-state index contributed by atoms with van der Waals surface area (Å²) in [6.45, 7) is 7.36. The van der Waals surface area contributed by atoms with Gasteiger partial charge in [-0.25, -0.2) is 4.79 Å². The number of hydrogen-bond acceptors (Lipinski definition) is 2. The lowest BCUT2D eigenvalue weighted by Gasteiger charge is -2.11. The van der Waals surface area contributed by atoms with E-state index in [-0.39, 0.29) is 11.4 Å². The van der Waals surface area contributed by atoms with Crippen molar-refractivity contribution in [1.82, 2.24) is 0 Å². The Kier molecular flexibility index (Phi) is 4.09. The van der Waals surface area contributed by atoms with Gasteiger partial charge in [0.2, 0.25) is 0 Å². The van der Waals surface area contributed by atoms with Crippen LogP contribution < -0.4 is 0 Å². The van der Waals surface area contributed by atoms with Gasteiger partial charge in [-0.3, -0.25) is 0 Å². The van der Waals surface area contributed by atoms with Crippen molar-refractivity contribution in [2.45, 2.75) is 13.8 Å². The fourth-order valence-electron chi connectivity index (χ4n) is 0.662. The van der Waals surface area contributed by atoms with Crippen LogP contribution in [-0.4, -0.2) is 13.1 Å². The van der Waals surface area contributed by atoms with Gasteiger partial charge < -0.3 is 4.74 Å². The molecule has 0 saturated heterocycles. The summed E-state index contributed by atoms with van der Waals surface area (Å²) in [6, 6.07) is 0. The minimum absolute atomic E-state index is 0.198. The van der Waals surface area contributed by atoms with Gasteiger partial charge in [0.25, 0.3) is 0 Å². The van der Waals surface area contributed by atoms with Crippen LogP contribution in [0.15, 0.2) is 30.5 Å². The van der Waals surface area contributed by atoms with E-state index in [4.69, 9.17) is 0 Å². The summed E-state index contributed by atoms with van der Waals surface area (Å²) in [4.78, 5) is 10.7. The van der Waals surface area contributed by atoms with Crippen molar-refractivity contribution in [1.29, 1.82) is 0 Å². The number of hydrogen-bond donors (Lipinski definition) is 0. The molecule has 0 bridgehead atoms. The first kappa shape index (κ1) is 10.7. The molecule has 0 aromatic heterocycles. The topological polar surface area (TPSA) is 26.3 Å². The van der Waals surface area contributed by atoms with Crippen molar-refractivity contribution in [2.75, 3.05) is 7.11 Å². The number of carbonyl (C=O) groups excluding carboxylic acids is 1. The summed E-state index contributed by atoms with van der Waals surface area (Å²) >= 11 is 0. The first-order valence-electron chi connectivity index (χ1n) is 3.66. The number of allylic oxidation sites excluding steroid dienone is 2. The lowest BCUT2D eigenvalue weighted by atomic mass is 9.93. The zero-order valence-corrected chi connectivity index (χ0v) is 7.76. The van der Waals surface area contributed by atoms with E-state index < -0.39 is 0 Å². The molecule has 0 spiro atoms. The van der Waals surface area contributed by atoms with Crippen LogP contribution in [0.3, 0.4) is 0 Å². The molecule has 0 atom stereocenters. The minimum Gasteiger partial charge on any atom is -0.466 e. The lowest BCUT2D eigenvalue weighted by Crippen LogP contribution is -2.04. The number of esters is 1. The van der Waals surface area contributed by atoms with E-state index in [0.29, 0.717) is 0 Å². The maximum absolute atomic E-state index is 10.7. The molecule has 12 heavy (non-hydrogen) atoms. The van der Waals surface area contributed by atoms with E-state index in [1.807, 2.05) is 13.8 Å². The Balaban J connectivity index is 4.32. The fraction of sp³-hybridized carbons (Fsp3) is 0.400.